The molecule has 0 bridgehead atoms. The highest BCUT2D eigenvalue weighted by atomic mass is 16.6. The largest absolute Gasteiger partial charge is 0.493 e. The predicted octanol–water partition coefficient (Wildman–Crippen LogP) is 8.06. The predicted molar refractivity (Wildman–Crippen MR) is 154 cm³/mol. The van der Waals surface area contributed by atoms with E-state index in [9.17, 15) is 9.59 Å². The number of cyclic esters (lactones) is 1. The number of methoxy groups -OCH3 is 3. The summed E-state index contributed by atoms with van der Waals surface area (Å²) in [6.07, 6.45) is 17.2. The van der Waals surface area contributed by atoms with Crippen molar-refractivity contribution in [3.8, 4) is 17.2 Å². The second-order valence-corrected chi connectivity index (χ2v) is 10.7. The van der Waals surface area contributed by atoms with Crippen molar-refractivity contribution >= 4 is 11.9 Å². The van der Waals surface area contributed by atoms with Gasteiger partial charge in [0.1, 0.15) is 12.2 Å². The van der Waals surface area contributed by atoms with Gasteiger partial charge in [0.2, 0.25) is 5.75 Å². The fraction of sp³-hybridized carbons (Fsp3) is 0.750. The van der Waals surface area contributed by atoms with E-state index in [0.29, 0.717) is 29.2 Å². The molecule has 0 saturated carbocycles. The average Bonchev–Trinajstić information content (AvgIpc) is 2.94. The summed E-state index contributed by atoms with van der Waals surface area (Å²) < 4.78 is 27.8. The molecule has 7 heteroatoms. The smallest absolute Gasteiger partial charge is 0.338 e. The number of unbranched alkanes of at least 4 members (excludes halogenated alkanes) is 11. The van der Waals surface area contributed by atoms with Gasteiger partial charge in [0, 0.05) is 6.42 Å². The van der Waals surface area contributed by atoms with Crippen molar-refractivity contribution in [2.45, 2.75) is 129 Å². The summed E-state index contributed by atoms with van der Waals surface area (Å²) in [6, 6.07) is 3.22. The quantitative estimate of drug-likeness (QED) is 0.107. The van der Waals surface area contributed by atoms with Crippen molar-refractivity contribution in [2.75, 3.05) is 21.3 Å². The van der Waals surface area contributed by atoms with Crippen LogP contribution in [0.1, 0.15) is 127 Å². The van der Waals surface area contributed by atoms with Gasteiger partial charge in [0.15, 0.2) is 11.5 Å². The molecule has 1 aromatic rings. The average molecular weight is 549 g/mol. The number of carbonyl (C=O) groups excluding carboxylic acids is 2. The number of carbonyl (C=O) groups is 2. The Hall–Kier alpha value is -2.44. The summed E-state index contributed by atoms with van der Waals surface area (Å²) in [5.74, 6) is 0.579. The molecule has 0 unspecified atom stereocenters. The molecule has 1 fully saturated rings. The first-order chi connectivity index (χ1) is 19.0. The zero-order valence-corrected chi connectivity index (χ0v) is 25.1. The lowest BCUT2D eigenvalue weighted by atomic mass is 9.86. The van der Waals surface area contributed by atoms with Crippen molar-refractivity contribution in [1.82, 2.24) is 0 Å². The van der Waals surface area contributed by atoms with Crippen molar-refractivity contribution in [3.05, 3.63) is 17.7 Å². The molecule has 0 amide bonds. The van der Waals surface area contributed by atoms with Crippen LogP contribution in [-0.2, 0) is 14.3 Å². The van der Waals surface area contributed by atoms with E-state index in [2.05, 4.69) is 13.8 Å². The number of ether oxygens (including phenoxy) is 5. The van der Waals surface area contributed by atoms with Crippen LogP contribution in [0.3, 0.4) is 0 Å². The summed E-state index contributed by atoms with van der Waals surface area (Å²) in [7, 11) is 4.56. The first-order valence-corrected chi connectivity index (χ1v) is 15.2. The fourth-order valence-corrected chi connectivity index (χ4v) is 5.29. The van der Waals surface area contributed by atoms with Gasteiger partial charge in [-0.25, -0.2) is 4.79 Å². The van der Waals surface area contributed by atoms with E-state index < -0.39 is 5.97 Å². The van der Waals surface area contributed by atoms with E-state index in [1.54, 1.807) is 12.1 Å². The lowest BCUT2D eigenvalue weighted by Gasteiger charge is -2.37. The first kappa shape index (κ1) is 32.8. The van der Waals surface area contributed by atoms with Crippen molar-refractivity contribution in [2.24, 2.45) is 5.92 Å². The third-order valence-corrected chi connectivity index (χ3v) is 7.69. The molecule has 1 saturated heterocycles. The molecule has 3 atom stereocenters. The van der Waals surface area contributed by atoms with Crippen LogP contribution >= 0.6 is 0 Å². The van der Waals surface area contributed by atoms with E-state index in [-0.39, 0.29) is 24.1 Å². The molecule has 1 heterocycles. The van der Waals surface area contributed by atoms with E-state index in [4.69, 9.17) is 23.7 Å². The third-order valence-electron chi connectivity index (χ3n) is 7.69. The third kappa shape index (κ3) is 10.9. The van der Waals surface area contributed by atoms with Gasteiger partial charge >= 0.3 is 11.9 Å². The van der Waals surface area contributed by atoms with Crippen LogP contribution < -0.4 is 14.2 Å². The van der Waals surface area contributed by atoms with Crippen LogP contribution in [0.5, 0.6) is 17.2 Å². The highest BCUT2D eigenvalue weighted by molar-refractivity contribution is 5.91. The molecular formula is C32H52O7. The van der Waals surface area contributed by atoms with Gasteiger partial charge in [0.05, 0.1) is 32.8 Å². The van der Waals surface area contributed by atoms with E-state index >= 15 is 0 Å². The highest BCUT2D eigenvalue weighted by Gasteiger charge is 2.43. The molecule has 0 N–H and O–H groups in total. The van der Waals surface area contributed by atoms with Crippen molar-refractivity contribution < 1.29 is 33.3 Å². The molecule has 0 aliphatic carbocycles. The molecule has 1 aliphatic rings. The molecule has 1 aromatic carbocycles. The van der Waals surface area contributed by atoms with Gasteiger partial charge < -0.3 is 23.7 Å². The molecule has 0 radical (unpaired) electrons. The van der Waals surface area contributed by atoms with Crippen LogP contribution in [0.2, 0.25) is 0 Å². The molecule has 7 nitrogen and oxygen atoms in total. The highest BCUT2D eigenvalue weighted by Crippen LogP contribution is 2.39. The normalized spacial score (nSPS) is 17.2. The van der Waals surface area contributed by atoms with Crippen LogP contribution in [0, 0.1) is 5.92 Å². The van der Waals surface area contributed by atoms with Gasteiger partial charge in [-0.15, -0.1) is 0 Å². The molecule has 0 spiro atoms. The Balaban J connectivity index is 2.00. The molecule has 0 aromatic heterocycles. The fourth-order valence-electron chi connectivity index (χ4n) is 5.29. The Labute approximate surface area is 236 Å². The number of esters is 2. The van der Waals surface area contributed by atoms with Gasteiger partial charge in [-0.1, -0.05) is 90.9 Å². The van der Waals surface area contributed by atoms with Crippen LogP contribution in [-0.4, -0.2) is 45.5 Å². The maximum absolute atomic E-state index is 13.2. The maximum Gasteiger partial charge on any atom is 0.338 e. The molecular weight excluding hydrogens is 496 g/mol. The summed E-state index contributed by atoms with van der Waals surface area (Å²) in [6.45, 7) is 4.42. The maximum atomic E-state index is 13.2. The van der Waals surface area contributed by atoms with Gasteiger partial charge in [-0.05, 0) is 31.4 Å². The number of hydrogen-bond acceptors (Lipinski definition) is 7. The second-order valence-electron chi connectivity index (χ2n) is 10.7. The number of benzene rings is 1. The summed E-state index contributed by atoms with van der Waals surface area (Å²) in [5.41, 5.74) is 0.336. The Morgan fingerprint density at radius 3 is 1.85 bits per heavy atom. The summed E-state index contributed by atoms with van der Waals surface area (Å²) in [4.78, 5) is 25.4. The molecule has 2 rings (SSSR count). The van der Waals surface area contributed by atoms with Crippen LogP contribution in [0.25, 0.3) is 0 Å². The van der Waals surface area contributed by atoms with Crippen molar-refractivity contribution in [1.29, 1.82) is 0 Å². The minimum absolute atomic E-state index is 0.0904. The van der Waals surface area contributed by atoms with Crippen LogP contribution in [0.4, 0.5) is 0 Å². The number of rotatable bonds is 22. The van der Waals surface area contributed by atoms with Crippen molar-refractivity contribution in [3.63, 3.8) is 0 Å². The Morgan fingerprint density at radius 1 is 0.795 bits per heavy atom. The zero-order valence-electron chi connectivity index (χ0n) is 25.1. The Kier molecular flexibility index (Phi) is 15.8. The molecule has 39 heavy (non-hydrogen) atoms. The lowest BCUT2D eigenvalue weighted by Crippen LogP contribution is -2.47. The topological polar surface area (TPSA) is 80.3 Å². The van der Waals surface area contributed by atoms with Gasteiger partial charge in [-0.2, -0.15) is 0 Å². The lowest BCUT2D eigenvalue weighted by molar-refractivity contribution is -0.188. The van der Waals surface area contributed by atoms with E-state index in [0.717, 1.165) is 44.9 Å². The van der Waals surface area contributed by atoms with Gasteiger partial charge in [-0.3, -0.25) is 4.79 Å². The summed E-state index contributed by atoms with van der Waals surface area (Å²) in [5, 5.41) is 0. The van der Waals surface area contributed by atoms with Crippen LogP contribution in [0.15, 0.2) is 12.1 Å². The Morgan fingerprint density at radius 2 is 1.33 bits per heavy atom. The molecule has 1 aliphatic heterocycles. The van der Waals surface area contributed by atoms with E-state index in [1.165, 1.54) is 72.7 Å². The summed E-state index contributed by atoms with van der Waals surface area (Å²) >= 11 is 0. The second kappa shape index (κ2) is 18.8. The number of hydrogen-bond donors (Lipinski definition) is 0. The first-order valence-electron chi connectivity index (χ1n) is 15.2. The van der Waals surface area contributed by atoms with E-state index in [1.807, 2.05) is 0 Å². The SMILES string of the molecule is CCCCCCCCCCC[C@@H](C[C@@H]1OC(=O)[C@H]1CCCCCC)OC(=O)c1cc(OC)c(OC)c(OC)c1. The zero-order chi connectivity index (χ0) is 28.5. The van der Waals surface area contributed by atoms with Gasteiger partial charge in [0.25, 0.3) is 0 Å². The Bertz CT molecular complexity index is 828. The monoisotopic (exact) mass is 548 g/mol. The standard InChI is InChI=1S/C32H52O7/c1-6-8-10-12-13-14-15-16-17-19-25(23-27-26(32(34)39-27)20-18-11-9-7-2)38-31(33)24-21-28(35-3)30(37-5)29(22-24)36-4/h21-22,25-27H,6-20,23H2,1-5H3/t25-,26-,27-/m0/s1. The minimum atomic E-state index is -0.444. The molecule has 222 valence electrons. The minimum Gasteiger partial charge on any atom is -0.493 e.